The number of benzene rings is 2. The van der Waals surface area contributed by atoms with Gasteiger partial charge in [0, 0.05) is 12.6 Å². The lowest BCUT2D eigenvalue weighted by Crippen LogP contribution is -2.52. The van der Waals surface area contributed by atoms with Crippen molar-refractivity contribution >= 4 is 27.5 Å². The number of hydrogen-bond acceptors (Lipinski definition) is 5. The lowest BCUT2D eigenvalue weighted by molar-refractivity contribution is -0.139. The van der Waals surface area contributed by atoms with Gasteiger partial charge in [-0.25, -0.2) is 12.8 Å². The first-order valence-corrected chi connectivity index (χ1v) is 13.8. The molecule has 1 atom stereocenters. The standard InChI is InChI=1S/C26H34FN3O5S/c1-18-9-14-24(35-3)23(15-18)30(36(4,33)34)17-25(31)29(16-20-10-12-21(27)13-11-20)19(2)26(32)28-22-7-5-6-8-22/h9-15,19,22H,5-8,16-17H2,1-4H3,(H,28,32)/t19-/m1/s1. The monoisotopic (exact) mass is 519 g/mol. The van der Waals surface area contributed by atoms with Gasteiger partial charge in [0.05, 0.1) is 19.1 Å². The summed E-state index contributed by atoms with van der Waals surface area (Å²) in [6.45, 7) is 2.91. The van der Waals surface area contributed by atoms with Gasteiger partial charge < -0.3 is 15.0 Å². The van der Waals surface area contributed by atoms with Crippen molar-refractivity contribution in [3.63, 3.8) is 0 Å². The molecule has 1 aliphatic rings. The fourth-order valence-electron chi connectivity index (χ4n) is 4.35. The van der Waals surface area contributed by atoms with Gasteiger partial charge in [0.2, 0.25) is 21.8 Å². The van der Waals surface area contributed by atoms with Crippen molar-refractivity contribution in [2.45, 2.75) is 58.2 Å². The number of rotatable bonds is 10. The van der Waals surface area contributed by atoms with Crippen molar-refractivity contribution < 1.29 is 27.1 Å². The lowest BCUT2D eigenvalue weighted by atomic mass is 10.1. The van der Waals surface area contributed by atoms with Crippen LogP contribution in [0.2, 0.25) is 0 Å². The maximum atomic E-state index is 13.6. The van der Waals surface area contributed by atoms with Crippen LogP contribution in [-0.4, -0.2) is 57.1 Å². The first-order valence-electron chi connectivity index (χ1n) is 12.0. The second-order valence-corrected chi connectivity index (χ2v) is 11.2. The number of methoxy groups -OCH3 is 1. The highest BCUT2D eigenvalue weighted by molar-refractivity contribution is 7.92. The zero-order chi connectivity index (χ0) is 26.5. The number of carbonyl (C=O) groups is 2. The molecule has 3 rings (SSSR count). The summed E-state index contributed by atoms with van der Waals surface area (Å²) in [5.41, 5.74) is 1.64. The van der Waals surface area contributed by atoms with Gasteiger partial charge in [-0.2, -0.15) is 0 Å². The maximum absolute atomic E-state index is 13.6. The van der Waals surface area contributed by atoms with Gasteiger partial charge in [0.1, 0.15) is 24.2 Å². The zero-order valence-electron chi connectivity index (χ0n) is 21.2. The zero-order valence-corrected chi connectivity index (χ0v) is 22.0. The third-order valence-corrected chi connectivity index (χ3v) is 7.54. The summed E-state index contributed by atoms with van der Waals surface area (Å²) in [5.74, 6) is -0.992. The van der Waals surface area contributed by atoms with Gasteiger partial charge in [-0.1, -0.05) is 31.0 Å². The minimum atomic E-state index is -3.88. The smallest absolute Gasteiger partial charge is 0.244 e. The molecule has 8 nitrogen and oxygen atoms in total. The second-order valence-electron chi connectivity index (χ2n) is 9.26. The van der Waals surface area contributed by atoms with E-state index in [1.807, 2.05) is 6.92 Å². The molecule has 1 aliphatic carbocycles. The number of anilines is 1. The Labute approximate surface area is 212 Å². The van der Waals surface area contributed by atoms with Gasteiger partial charge in [0.15, 0.2) is 0 Å². The van der Waals surface area contributed by atoms with Crippen LogP contribution in [0.5, 0.6) is 5.75 Å². The topological polar surface area (TPSA) is 96.0 Å². The number of sulfonamides is 1. The van der Waals surface area contributed by atoms with E-state index < -0.39 is 34.3 Å². The molecule has 0 aromatic heterocycles. The largest absolute Gasteiger partial charge is 0.495 e. The van der Waals surface area contributed by atoms with Crippen LogP contribution in [-0.2, 0) is 26.2 Å². The fourth-order valence-corrected chi connectivity index (χ4v) is 5.20. The molecule has 0 spiro atoms. The summed E-state index contributed by atoms with van der Waals surface area (Å²) in [7, 11) is -2.46. The molecule has 196 valence electrons. The number of aryl methyl sites for hydroxylation is 1. The van der Waals surface area contributed by atoms with Gasteiger partial charge in [-0.05, 0) is 62.1 Å². The van der Waals surface area contributed by atoms with E-state index in [9.17, 15) is 22.4 Å². The highest BCUT2D eigenvalue weighted by Crippen LogP contribution is 2.31. The Morgan fingerprint density at radius 1 is 1.14 bits per heavy atom. The normalized spacial score (nSPS) is 14.8. The quantitative estimate of drug-likeness (QED) is 0.519. The molecule has 10 heteroatoms. The van der Waals surface area contributed by atoms with Crippen molar-refractivity contribution in [2.75, 3.05) is 24.2 Å². The molecule has 1 N–H and O–H groups in total. The van der Waals surface area contributed by atoms with Gasteiger partial charge in [-0.15, -0.1) is 0 Å². The Morgan fingerprint density at radius 2 is 1.78 bits per heavy atom. The molecule has 0 saturated heterocycles. The summed E-state index contributed by atoms with van der Waals surface area (Å²) >= 11 is 0. The number of halogens is 1. The summed E-state index contributed by atoms with van der Waals surface area (Å²) < 4.78 is 45.4. The van der Waals surface area contributed by atoms with Gasteiger partial charge in [0.25, 0.3) is 0 Å². The van der Waals surface area contributed by atoms with Gasteiger partial charge in [-0.3, -0.25) is 13.9 Å². The Bertz CT molecular complexity index is 1180. The number of hydrogen-bond donors (Lipinski definition) is 1. The fraction of sp³-hybridized carbons (Fsp3) is 0.462. The lowest BCUT2D eigenvalue weighted by Gasteiger charge is -2.32. The van der Waals surface area contributed by atoms with Crippen molar-refractivity contribution in [1.29, 1.82) is 0 Å². The second kappa shape index (κ2) is 11.7. The predicted molar refractivity (Wildman–Crippen MR) is 137 cm³/mol. The molecular weight excluding hydrogens is 485 g/mol. The molecule has 2 aromatic rings. The molecule has 0 unspecified atom stereocenters. The van der Waals surface area contributed by atoms with Crippen molar-refractivity contribution in [3.05, 3.63) is 59.4 Å². The Hall–Kier alpha value is -3.14. The summed E-state index contributed by atoms with van der Waals surface area (Å²) in [6, 6.07) is 9.87. The average molecular weight is 520 g/mol. The number of nitrogens with zero attached hydrogens (tertiary/aromatic N) is 2. The minimum absolute atomic E-state index is 0.0148. The first kappa shape index (κ1) is 27.4. The highest BCUT2D eigenvalue weighted by atomic mass is 32.2. The van der Waals surface area contributed by atoms with Crippen LogP contribution < -0.4 is 14.4 Å². The van der Waals surface area contributed by atoms with Crippen LogP contribution >= 0.6 is 0 Å². The van der Waals surface area contributed by atoms with E-state index in [-0.39, 0.29) is 24.2 Å². The molecule has 0 radical (unpaired) electrons. The van der Waals surface area contributed by atoms with Crippen molar-refractivity contribution in [2.24, 2.45) is 0 Å². The van der Waals surface area contributed by atoms with Gasteiger partial charge >= 0.3 is 0 Å². The van der Waals surface area contributed by atoms with Crippen LogP contribution in [0.4, 0.5) is 10.1 Å². The third-order valence-electron chi connectivity index (χ3n) is 6.42. The van der Waals surface area contributed by atoms with E-state index in [4.69, 9.17) is 4.74 Å². The van der Waals surface area contributed by atoms with Crippen LogP contribution in [0.3, 0.4) is 0 Å². The van der Waals surface area contributed by atoms with E-state index >= 15 is 0 Å². The molecule has 0 bridgehead atoms. The van der Waals surface area contributed by atoms with Crippen LogP contribution in [0.1, 0.15) is 43.7 Å². The minimum Gasteiger partial charge on any atom is -0.495 e. The van der Waals surface area contributed by atoms with Crippen LogP contribution in [0.15, 0.2) is 42.5 Å². The summed E-state index contributed by atoms with van der Waals surface area (Å²) in [6.07, 6.45) is 4.87. The number of ether oxygens (including phenoxy) is 1. The van der Waals surface area contributed by atoms with Crippen LogP contribution in [0, 0.1) is 12.7 Å². The number of amides is 2. The molecule has 1 saturated carbocycles. The average Bonchev–Trinajstić information content (AvgIpc) is 3.33. The van der Waals surface area contributed by atoms with E-state index in [0.29, 0.717) is 11.3 Å². The van der Waals surface area contributed by atoms with E-state index in [1.165, 1.54) is 36.3 Å². The molecule has 0 heterocycles. The van der Waals surface area contributed by atoms with Crippen molar-refractivity contribution in [1.82, 2.24) is 10.2 Å². The van der Waals surface area contributed by atoms with Crippen LogP contribution in [0.25, 0.3) is 0 Å². The molecule has 36 heavy (non-hydrogen) atoms. The Morgan fingerprint density at radius 3 is 2.36 bits per heavy atom. The van der Waals surface area contributed by atoms with E-state index in [1.54, 1.807) is 25.1 Å². The molecule has 1 fully saturated rings. The molecule has 2 aromatic carbocycles. The molecular formula is C26H34FN3O5S. The summed E-state index contributed by atoms with van der Waals surface area (Å²) in [4.78, 5) is 28.0. The SMILES string of the molecule is COc1ccc(C)cc1N(CC(=O)N(Cc1ccc(F)cc1)[C@H](C)C(=O)NC1CCCC1)S(C)(=O)=O. The van der Waals surface area contributed by atoms with E-state index in [2.05, 4.69) is 5.32 Å². The Kier molecular flexibility index (Phi) is 8.94. The van der Waals surface area contributed by atoms with Crippen molar-refractivity contribution in [3.8, 4) is 5.75 Å². The third kappa shape index (κ3) is 6.96. The number of carbonyl (C=O) groups excluding carboxylic acids is 2. The first-order chi connectivity index (χ1) is 17.0. The highest BCUT2D eigenvalue weighted by Gasteiger charge is 2.32. The Balaban J connectivity index is 1.92. The number of nitrogens with one attached hydrogen (secondary N) is 1. The summed E-state index contributed by atoms with van der Waals surface area (Å²) in [5, 5.41) is 3.01. The molecule has 2 amide bonds. The maximum Gasteiger partial charge on any atom is 0.244 e. The molecule has 0 aliphatic heterocycles. The van der Waals surface area contributed by atoms with E-state index in [0.717, 1.165) is 41.8 Å². The predicted octanol–water partition coefficient (Wildman–Crippen LogP) is 3.38.